The number of ketones is 1. The summed E-state index contributed by atoms with van der Waals surface area (Å²) in [4.78, 5) is 102. The second-order valence-corrected chi connectivity index (χ2v) is 34.8. The molecule has 1 fully saturated rings. The van der Waals surface area contributed by atoms with Crippen LogP contribution in [-0.4, -0.2) is 169 Å². The van der Waals surface area contributed by atoms with Crippen LogP contribution in [0.1, 0.15) is 139 Å². The summed E-state index contributed by atoms with van der Waals surface area (Å²) in [6, 6.07) is 26.1. The maximum atomic E-state index is 14.8. The number of halogens is 1. The highest BCUT2D eigenvalue weighted by molar-refractivity contribution is 14.1. The molecule has 5 heterocycles. The zero-order chi connectivity index (χ0) is 81.7. The van der Waals surface area contributed by atoms with Crippen LogP contribution in [0.3, 0.4) is 0 Å². The average molecular weight is 1660 g/mol. The number of para-hydroxylation sites is 1. The van der Waals surface area contributed by atoms with E-state index in [1.165, 1.54) is 26.1 Å². The predicted molar refractivity (Wildman–Crippen MR) is 453 cm³/mol. The molecule has 21 nitrogen and oxygen atoms in total. The molecular formula is C90H106IN9O12S+2. The van der Waals surface area contributed by atoms with Crippen LogP contribution in [0.15, 0.2) is 191 Å². The highest BCUT2D eigenvalue weighted by Crippen LogP contribution is 2.52. The highest BCUT2D eigenvalue weighted by Gasteiger charge is 2.51. The van der Waals surface area contributed by atoms with Crippen molar-refractivity contribution in [3.05, 3.63) is 223 Å². The standard InChI is InChI=1S/C90H104IN9O12S/c1-16-17-30-70(100-68-31-26-25-29-64(68)88(8,9)74(100)52-63-81(66(54-92)93-14)62(83(63)105)48-58-49-75(86(2,3)4)112-76(50-58)87(5,6)7)84(106)95-39-41-98-80(104)53-71(85(98)107)113-56-79(111-57-101)96-77(102)38-42-108-44-46-110-47-45-109-43-40-94-78(103)55-99-69-36-34-59-27-23-24-28-61(59)82(69)90(12,13)73(99)33-22-20-18-19-21-32-72-89(10,11)65-51-60(91)35-37-67(65)97(72)15/h18-29,31-37,48-52,57,70-71,79,92H,16-17,30,38-47,53,55-56H2,1-13,15H3,(H-2,94,95,96,102,103,106)/p+2. The first-order valence-corrected chi connectivity index (χ1v) is 40.7. The van der Waals surface area contributed by atoms with Crippen molar-refractivity contribution in [1.82, 2.24) is 20.9 Å². The Morgan fingerprint density at radius 1 is 0.779 bits per heavy atom. The monoisotopic (exact) mass is 1660 g/mol. The zero-order valence-electron chi connectivity index (χ0n) is 67.4. The predicted octanol–water partition coefficient (Wildman–Crippen LogP) is 14.3. The molecule has 5 amide bonds. The number of carbonyl (C=O) groups is 7. The lowest BCUT2D eigenvalue weighted by atomic mass is 9.74. The summed E-state index contributed by atoms with van der Waals surface area (Å²) >= 11 is 3.44. The van der Waals surface area contributed by atoms with Gasteiger partial charge >= 0.3 is 0 Å². The minimum atomic E-state index is -1.11. The Bertz CT molecular complexity index is 4850. The number of nitrogens with one attached hydrogen (secondary N) is 4. The van der Waals surface area contributed by atoms with E-state index in [1.807, 2.05) is 134 Å². The maximum Gasteiger partial charge on any atom is 0.295 e. The lowest BCUT2D eigenvalue weighted by molar-refractivity contribution is -0.468. The van der Waals surface area contributed by atoms with Crippen molar-refractivity contribution in [3.63, 3.8) is 0 Å². The fourth-order valence-electron chi connectivity index (χ4n) is 15.2. The Hall–Kier alpha value is -9.67. The summed E-state index contributed by atoms with van der Waals surface area (Å²) in [5, 5.41) is 18.3. The number of fused-ring (bicyclic) bond motifs is 5. The molecule has 4 aromatic carbocycles. The summed E-state index contributed by atoms with van der Waals surface area (Å²) in [6.07, 6.45) is 22.3. The summed E-state index contributed by atoms with van der Waals surface area (Å²) in [7, 11) is 2.12. The fraction of sp³-hybridized carbons (Fsp3) is 0.422. The fourth-order valence-corrected chi connectivity index (χ4v) is 16.7. The minimum Gasteiger partial charge on any atom is -0.465 e. The molecule has 0 aromatic heterocycles. The van der Waals surface area contributed by atoms with E-state index in [0.29, 0.717) is 30.7 Å². The molecule has 0 bridgehead atoms. The topological polar surface area (TPSA) is 242 Å². The van der Waals surface area contributed by atoms with Crippen molar-refractivity contribution < 1.29 is 66.4 Å². The Balaban J connectivity index is 0.653. The van der Waals surface area contributed by atoms with E-state index >= 15 is 0 Å². The molecule has 594 valence electrons. The van der Waals surface area contributed by atoms with Gasteiger partial charge in [-0.05, 0) is 127 Å². The van der Waals surface area contributed by atoms with E-state index in [9.17, 15) is 33.6 Å². The molecule has 4 N–H and O–H groups in total. The normalized spacial score (nSPS) is 18.9. The summed E-state index contributed by atoms with van der Waals surface area (Å²) in [5.74, 6) is 1.45. The van der Waals surface area contributed by atoms with Gasteiger partial charge in [-0.1, -0.05) is 148 Å². The van der Waals surface area contributed by atoms with Crippen LogP contribution in [0.4, 0.5) is 17.1 Å². The minimum absolute atomic E-state index is 0.0322. The number of nitrogens with zero attached hydrogens (tertiary/aromatic N) is 5. The molecule has 10 rings (SSSR count). The molecule has 0 saturated carbocycles. The van der Waals surface area contributed by atoms with Gasteiger partial charge in [-0.25, -0.2) is 4.85 Å². The molecule has 6 aliphatic rings. The molecule has 4 aromatic rings. The first-order chi connectivity index (χ1) is 53.8. The number of rotatable bonds is 35. The first kappa shape index (κ1) is 85.8. The number of anilines is 1. The molecule has 23 heteroatoms. The van der Waals surface area contributed by atoms with E-state index in [0.717, 1.165) is 68.0 Å². The molecule has 0 spiro atoms. The Morgan fingerprint density at radius 2 is 1.44 bits per heavy atom. The van der Waals surface area contributed by atoms with Gasteiger partial charge in [-0.3, -0.25) is 43.9 Å². The second-order valence-electron chi connectivity index (χ2n) is 32.3. The van der Waals surface area contributed by atoms with Gasteiger partial charge in [-0.15, -0.1) is 11.8 Å². The van der Waals surface area contributed by atoms with E-state index in [1.54, 1.807) is 12.2 Å². The van der Waals surface area contributed by atoms with E-state index in [-0.39, 0.29) is 141 Å². The lowest BCUT2D eigenvalue weighted by Crippen LogP contribution is -2.46. The Morgan fingerprint density at radius 3 is 2.13 bits per heavy atom. The number of benzene rings is 4. The number of imide groups is 1. The van der Waals surface area contributed by atoms with Gasteiger partial charge in [0.25, 0.3) is 18.1 Å². The molecule has 3 unspecified atom stereocenters. The summed E-state index contributed by atoms with van der Waals surface area (Å²) in [5.41, 5.74) is 8.61. The number of allylic oxidation sites excluding steroid dienone is 17. The molecule has 5 aliphatic heterocycles. The van der Waals surface area contributed by atoms with Crippen LogP contribution in [-0.2, 0) is 73.5 Å². The van der Waals surface area contributed by atoms with Gasteiger partial charge in [0.05, 0.1) is 74.5 Å². The van der Waals surface area contributed by atoms with Crippen molar-refractivity contribution in [1.29, 1.82) is 5.41 Å². The maximum absolute atomic E-state index is 14.8. The third-order valence-corrected chi connectivity index (χ3v) is 23.1. The van der Waals surface area contributed by atoms with Crippen LogP contribution in [0.5, 0.6) is 0 Å². The second kappa shape index (κ2) is 37.1. The Labute approximate surface area is 682 Å². The number of hydrogen-bond acceptors (Lipinski definition) is 15. The van der Waals surface area contributed by atoms with Crippen LogP contribution >= 0.6 is 34.4 Å². The molecule has 1 saturated heterocycles. The van der Waals surface area contributed by atoms with Crippen LogP contribution in [0.25, 0.3) is 15.6 Å². The zero-order valence-corrected chi connectivity index (χ0v) is 70.4. The van der Waals surface area contributed by atoms with Crippen molar-refractivity contribution >= 4 is 121 Å². The van der Waals surface area contributed by atoms with E-state index in [4.69, 9.17) is 35.7 Å². The van der Waals surface area contributed by atoms with Gasteiger partial charge in [0.2, 0.25) is 41.0 Å². The van der Waals surface area contributed by atoms with Crippen molar-refractivity contribution in [3.8, 4) is 0 Å². The number of hydrogen-bond donors (Lipinski definition) is 4. The third-order valence-electron chi connectivity index (χ3n) is 21.2. The van der Waals surface area contributed by atoms with E-state index < -0.39 is 46.1 Å². The largest absolute Gasteiger partial charge is 0.465 e. The van der Waals surface area contributed by atoms with Crippen molar-refractivity contribution in [2.24, 2.45) is 10.8 Å². The van der Waals surface area contributed by atoms with Crippen LogP contribution < -0.4 is 20.9 Å². The number of amides is 5. The number of unbranched alkanes of at least 4 members (excludes halogenated alkanes) is 1. The van der Waals surface area contributed by atoms with Crippen molar-refractivity contribution in [2.75, 3.05) is 83.5 Å². The van der Waals surface area contributed by atoms with Crippen molar-refractivity contribution in [2.45, 2.75) is 156 Å². The van der Waals surface area contributed by atoms with Crippen LogP contribution in [0, 0.1) is 26.4 Å². The molecule has 113 heavy (non-hydrogen) atoms. The lowest BCUT2D eigenvalue weighted by Gasteiger charge is -2.33. The number of likely N-dealkylation sites (tertiary alicyclic amines) is 1. The number of carbonyl (C=O) groups excluding carboxylic acids is 7. The third kappa shape index (κ3) is 19.6. The quantitative estimate of drug-likeness (QED) is 0.00320. The van der Waals surface area contributed by atoms with Gasteiger partial charge < -0.3 is 44.5 Å². The number of thioether (sulfide) groups is 1. The molecule has 0 radical (unpaired) electrons. The summed E-state index contributed by atoms with van der Waals surface area (Å²) < 4.78 is 34.1. The van der Waals surface area contributed by atoms with E-state index in [2.05, 4.69) is 160 Å². The van der Waals surface area contributed by atoms with Gasteiger partial charge in [0.15, 0.2) is 23.4 Å². The number of ether oxygens (including phenoxy) is 5. The summed E-state index contributed by atoms with van der Waals surface area (Å²) in [6.45, 7) is 37.1. The van der Waals surface area contributed by atoms with Crippen LogP contribution in [0.2, 0.25) is 0 Å². The molecule has 3 atom stereocenters. The first-order valence-electron chi connectivity index (χ1n) is 38.6. The number of Topliss-reactive ketones (excluding diaryl/α,β-unsaturated/α-hetero) is 1. The smallest absolute Gasteiger partial charge is 0.295 e. The average Bonchev–Trinajstić information content (AvgIpc) is 1.61. The Kier molecular flexibility index (Phi) is 28.1. The molecular weight excluding hydrogens is 1560 g/mol. The van der Waals surface area contributed by atoms with Gasteiger partial charge in [-0.2, -0.15) is 9.15 Å². The van der Waals surface area contributed by atoms with Gasteiger partial charge in [0, 0.05) is 116 Å². The molecule has 1 aliphatic carbocycles. The van der Waals surface area contributed by atoms with Gasteiger partial charge in [0.1, 0.15) is 25.1 Å². The highest BCUT2D eigenvalue weighted by atomic mass is 127. The SMILES string of the molecule is [C-]#[N+]C(=C=N)C1=C(C=C2C=C(C(C)(C)C)OC(C(C)(C)C)=C2)C(=O)C1=CC1=[N+](C(CCCC)C(=O)NCCN2C(=O)CC(SCC(NC(=O)CCOCCOCCOCCNC(=O)CN3\C(=C/C=C/C=C/C=C/C4=[N+](C)c5ccc(I)cc5C4(C)C)C(C)(C)c4c3ccc3ccccc43)OC=O)C2=O)c2ccccc2C1(C)C.